The number of rotatable bonds is 3. The number of ether oxygens (including phenoxy) is 1. The molecule has 0 unspecified atom stereocenters. The summed E-state index contributed by atoms with van der Waals surface area (Å²) in [6, 6.07) is 4.84. The second kappa shape index (κ2) is 4.96. The van der Waals surface area contributed by atoms with Crippen LogP contribution >= 0.6 is 12.6 Å². The fourth-order valence-corrected chi connectivity index (χ4v) is 3.57. The van der Waals surface area contributed by atoms with Crippen molar-refractivity contribution < 1.29 is 17.5 Å². The maximum absolute atomic E-state index is 12.7. The molecular formula is C11H13FO3S2. The summed E-state index contributed by atoms with van der Waals surface area (Å²) in [5.41, 5.74) is 0. The highest BCUT2D eigenvalue weighted by Crippen LogP contribution is 2.22. The molecule has 94 valence electrons. The second-order valence-electron chi connectivity index (χ2n) is 4.08. The van der Waals surface area contributed by atoms with Gasteiger partial charge in [-0.15, -0.1) is 0 Å². The molecule has 0 aliphatic carbocycles. The molecule has 2 atom stereocenters. The molecule has 1 aliphatic rings. The Balaban J connectivity index is 2.11. The number of thiol groups is 1. The van der Waals surface area contributed by atoms with Crippen LogP contribution in [0.25, 0.3) is 0 Å². The Morgan fingerprint density at radius 3 is 2.53 bits per heavy atom. The number of hydrogen-bond acceptors (Lipinski definition) is 4. The zero-order valence-electron chi connectivity index (χ0n) is 9.04. The summed E-state index contributed by atoms with van der Waals surface area (Å²) < 4.78 is 42.0. The number of hydrogen-bond donors (Lipinski definition) is 1. The summed E-state index contributed by atoms with van der Waals surface area (Å²) in [6.45, 7) is 0.479. The van der Waals surface area contributed by atoms with E-state index in [4.69, 9.17) is 4.74 Å². The summed E-state index contributed by atoms with van der Waals surface area (Å²) in [4.78, 5) is 0.130. The van der Waals surface area contributed by atoms with E-state index in [-0.39, 0.29) is 22.0 Å². The molecule has 6 heteroatoms. The van der Waals surface area contributed by atoms with Gasteiger partial charge in [0.25, 0.3) is 0 Å². The zero-order valence-corrected chi connectivity index (χ0v) is 10.8. The first kappa shape index (κ1) is 12.9. The Kier molecular flexibility index (Phi) is 3.75. The molecule has 0 radical (unpaired) electrons. The lowest BCUT2D eigenvalue weighted by molar-refractivity contribution is 0.128. The summed E-state index contributed by atoms with van der Waals surface area (Å²) in [5, 5.41) is 0.100. The fraction of sp³-hybridized carbons (Fsp3) is 0.455. The van der Waals surface area contributed by atoms with Crippen molar-refractivity contribution in [3.05, 3.63) is 30.1 Å². The SMILES string of the molecule is O=S(=O)(C[C@@H]1C[C@@H](S)CO1)c1ccc(F)cc1. The molecule has 1 fully saturated rings. The number of benzene rings is 1. The Morgan fingerprint density at radius 1 is 1.35 bits per heavy atom. The van der Waals surface area contributed by atoms with E-state index in [0.29, 0.717) is 13.0 Å². The maximum Gasteiger partial charge on any atom is 0.180 e. The molecule has 0 bridgehead atoms. The van der Waals surface area contributed by atoms with Gasteiger partial charge in [0.15, 0.2) is 9.84 Å². The van der Waals surface area contributed by atoms with Crippen LogP contribution in [0.1, 0.15) is 6.42 Å². The highest BCUT2D eigenvalue weighted by Gasteiger charge is 2.28. The Bertz CT molecular complexity index is 484. The minimum Gasteiger partial charge on any atom is -0.376 e. The topological polar surface area (TPSA) is 43.4 Å². The van der Waals surface area contributed by atoms with Crippen LogP contribution in [0.5, 0.6) is 0 Å². The number of sulfone groups is 1. The molecule has 1 saturated heterocycles. The van der Waals surface area contributed by atoms with Crippen molar-refractivity contribution in [1.29, 1.82) is 0 Å². The van der Waals surface area contributed by atoms with E-state index in [1.54, 1.807) is 0 Å². The quantitative estimate of drug-likeness (QED) is 0.675. The normalized spacial score (nSPS) is 25.1. The average molecular weight is 276 g/mol. The van der Waals surface area contributed by atoms with Gasteiger partial charge in [-0.25, -0.2) is 12.8 Å². The lowest BCUT2D eigenvalue weighted by Gasteiger charge is -2.10. The average Bonchev–Trinajstić information content (AvgIpc) is 2.63. The molecule has 17 heavy (non-hydrogen) atoms. The second-order valence-corrected chi connectivity index (χ2v) is 6.84. The van der Waals surface area contributed by atoms with Crippen LogP contribution < -0.4 is 0 Å². The van der Waals surface area contributed by atoms with Gasteiger partial charge >= 0.3 is 0 Å². The maximum atomic E-state index is 12.7. The van der Waals surface area contributed by atoms with Crippen molar-refractivity contribution >= 4 is 22.5 Å². The Morgan fingerprint density at radius 2 is 2.00 bits per heavy atom. The monoisotopic (exact) mass is 276 g/mol. The Hall–Kier alpha value is -0.590. The molecule has 1 aromatic rings. The van der Waals surface area contributed by atoms with Crippen molar-refractivity contribution in [1.82, 2.24) is 0 Å². The predicted octanol–water partition coefficient (Wildman–Crippen LogP) is 1.69. The van der Waals surface area contributed by atoms with Gasteiger partial charge in [0.1, 0.15) is 5.82 Å². The molecule has 1 aliphatic heterocycles. The third kappa shape index (κ3) is 3.20. The van der Waals surface area contributed by atoms with Gasteiger partial charge in [-0.3, -0.25) is 0 Å². The third-order valence-corrected chi connectivity index (χ3v) is 4.80. The minimum absolute atomic E-state index is 0.0737. The van der Waals surface area contributed by atoms with E-state index in [9.17, 15) is 12.8 Å². The third-order valence-electron chi connectivity index (χ3n) is 2.64. The predicted molar refractivity (Wildman–Crippen MR) is 65.6 cm³/mol. The van der Waals surface area contributed by atoms with E-state index < -0.39 is 15.7 Å². The standard InChI is InChI=1S/C11H13FO3S2/c12-8-1-3-11(4-2-8)17(13,14)7-9-5-10(16)6-15-9/h1-4,9-10,16H,5-7H2/t9-,10+/m0/s1. The first-order valence-electron chi connectivity index (χ1n) is 5.25. The van der Waals surface area contributed by atoms with Gasteiger partial charge in [0, 0.05) is 5.25 Å². The van der Waals surface area contributed by atoms with Crippen molar-refractivity contribution in [3.8, 4) is 0 Å². The first-order chi connectivity index (χ1) is 7.97. The van der Waals surface area contributed by atoms with Gasteiger partial charge in [-0.2, -0.15) is 12.6 Å². The highest BCUT2D eigenvalue weighted by atomic mass is 32.2. The molecule has 0 spiro atoms. The van der Waals surface area contributed by atoms with Gasteiger partial charge in [-0.05, 0) is 30.7 Å². The summed E-state index contributed by atoms with van der Waals surface area (Å²) >= 11 is 4.23. The fourth-order valence-electron chi connectivity index (χ4n) is 1.79. The molecule has 2 rings (SSSR count). The Labute approximate surface area is 105 Å². The van der Waals surface area contributed by atoms with Gasteiger partial charge in [0.05, 0.1) is 23.4 Å². The molecule has 0 N–H and O–H groups in total. The van der Waals surface area contributed by atoms with Crippen molar-refractivity contribution in [2.24, 2.45) is 0 Å². The van der Waals surface area contributed by atoms with Crippen LogP contribution in [0.4, 0.5) is 4.39 Å². The zero-order chi connectivity index (χ0) is 12.5. The summed E-state index contributed by atoms with van der Waals surface area (Å²) in [7, 11) is -3.41. The van der Waals surface area contributed by atoms with Crippen LogP contribution in [-0.2, 0) is 14.6 Å². The minimum atomic E-state index is -3.41. The van der Waals surface area contributed by atoms with Crippen LogP contribution in [0.2, 0.25) is 0 Å². The lowest BCUT2D eigenvalue weighted by atomic mass is 10.3. The lowest BCUT2D eigenvalue weighted by Crippen LogP contribution is -2.20. The van der Waals surface area contributed by atoms with Gasteiger partial charge < -0.3 is 4.74 Å². The smallest absolute Gasteiger partial charge is 0.180 e. The largest absolute Gasteiger partial charge is 0.376 e. The number of halogens is 1. The molecule has 1 heterocycles. The van der Waals surface area contributed by atoms with Crippen LogP contribution in [0, 0.1) is 5.82 Å². The van der Waals surface area contributed by atoms with E-state index >= 15 is 0 Å². The van der Waals surface area contributed by atoms with E-state index in [2.05, 4.69) is 12.6 Å². The van der Waals surface area contributed by atoms with Gasteiger partial charge in [0.2, 0.25) is 0 Å². The van der Waals surface area contributed by atoms with Crippen molar-refractivity contribution in [3.63, 3.8) is 0 Å². The highest BCUT2D eigenvalue weighted by molar-refractivity contribution is 7.91. The first-order valence-corrected chi connectivity index (χ1v) is 7.42. The molecular weight excluding hydrogens is 263 g/mol. The summed E-state index contributed by atoms with van der Waals surface area (Å²) in [5.74, 6) is -0.521. The summed E-state index contributed by atoms with van der Waals surface area (Å²) in [6.07, 6.45) is 0.316. The van der Waals surface area contributed by atoms with E-state index in [1.807, 2.05) is 0 Å². The van der Waals surface area contributed by atoms with Crippen LogP contribution in [0.15, 0.2) is 29.2 Å². The van der Waals surface area contributed by atoms with Crippen molar-refractivity contribution in [2.75, 3.05) is 12.4 Å². The van der Waals surface area contributed by atoms with Gasteiger partial charge in [-0.1, -0.05) is 0 Å². The van der Waals surface area contributed by atoms with E-state index in [0.717, 1.165) is 12.1 Å². The molecule has 0 saturated carbocycles. The molecule has 1 aromatic carbocycles. The molecule has 0 amide bonds. The van der Waals surface area contributed by atoms with Crippen molar-refractivity contribution in [2.45, 2.75) is 22.7 Å². The molecule has 3 nitrogen and oxygen atoms in total. The van der Waals surface area contributed by atoms with Crippen LogP contribution in [0.3, 0.4) is 0 Å². The van der Waals surface area contributed by atoms with E-state index in [1.165, 1.54) is 12.1 Å². The molecule has 0 aromatic heterocycles. The van der Waals surface area contributed by atoms with Crippen LogP contribution in [-0.4, -0.2) is 32.1 Å².